The van der Waals surface area contributed by atoms with E-state index in [0.717, 1.165) is 12.0 Å². The van der Waals surface area contributed by atoms with E-state index in [1.807, 2.05) is 31.2 Å². The number of carbonyl (C=O) groups is 1. The van der Waals surface area contributed by atoms with E-state index in [2.05, 4.69) is 10.6 Å². The van der Waals surface area contributed by atoms with Crippen molar-refractivity contribution < 1.29 is 14.5 Å². The van der Waals surface area contributed by atoms with Crippen molar-refractivity contribution in [2.45, 2.75) is 13.3 Å². The van der Waals surface area contributed by atoms with Crippen molar-refractivity contribution in [3.63, 3.8) is 0 Å². The van der Waals surface area contributed by atoms with Crippen LogP contribution in [0, 0.1) is 10.1 Å². The summed E-state index contributed by atoms with van der Waals surface area (Å²) in [6.45, 7) is 2.02. The number of para-hydroxylation sites is 1. The average molecular weight is 315 g/mol. The molecular weight excluding hydrogens is 298 g/mol. The van der Waals surface area contributed by atoms with Crippen LogP contribution in [0.1, 0.15) is 12.5 Å². The summed E-state index contributed by atoms with van der Waals surface area (Å²) in [4.78, 5) is 21.9. The second-order valence-electron chi connectivity index (χ2n) is 4.69. The van der Waals surface area contributed by atoms with Crippen molar-refractivity contribution in [2.24, 2.45) is 0 Å². The first kappa shape index (κ1) is 16.3. The van der Waals surface area contributed by atoms with Crippen LogP contribution in [-0.2, 0) is 6.42 Å². The third-order valence-corrected chi connectivity index (χ3v) is 3.13. The summed E-state index contributed by atoms with van der Waals surface area (Å²) in [5, 5.41) is 15.7. The summed E-state index contributed by atoms with van der Waals surface area (Å²) in [6, 6.07) is 12.8. The zero-order chi connectivity index (χ0) is 16.7. The standard InChI is InChI=1S/C16H17N3O4/c1-2-12-6-3-4-9-15(12)23-11-17-16(20)18-13-7-5-8-14(10-13)19(21)22/h3-10H,2,11H2,1H3,(H2,17,18,20). The van der Waals surface area contributed by atoms with Crippen LogP contribution in [0.2, 0.25) is 0 Å². The van der Waals surface area contributed by atoms with Crippen molar-refractivity contribution in [3.05, 3.63) is 64.2 Å². The lowest BCUT2D eigenvalue weighted by molar-refractivity contribution is -0.384. The molecule has 7 nitrogen and oxygen atoms in total. The van der Waals surface area contributed by atoms with Crippen molar-refractivity contribution in [1.29, 1.82) is 0 Å². The number of nitro groups is 1. The van der Waals surface area contributed by atoms with Gasteiger partial charge in [0.25, 0.3) is 5.69 Å². The van der Waals surface area contributed by atoms with Gasteiger partial charge in [-0.3, -0.25) is 10.1 Å². The van der Waals surface area contributed by atoms with Gasteiger partial charge < -0.3 is 15.4 Å². The monoisotopic (exact) mass is 315 g/mol. The predicted molar refractivity (Wildman–Crippen MR) is 86.6 cm³/mol. The number of nitro benzene ring substituents is 1. The fraction of sp³-hybridized carbons (Fsp3) is 0.188. The van der Waals surface area contributed by atoms with E-state index < -0.39 is 11.0 Å². The largest absolute Gasteiger partial charge is 0.473 e. The van der Waals surface area contributed by atoms with E-state index >= 15 is 0 Å². The predicted octanol–water partition coefficient (Wildman–Crippen LogP) is 3.32. The minimum absolute atomic E-state index is 0.00221. The fourth-order valence-corrected chi connectivity index (χ4v) is 1.99. The molecule has 2 N–H and O–H groups in total. The number of carbonyl (C=O) groups excluding carboxylic acids is 1. The summed E-state index contributed by atoms with van der Waals surface area (Å²) in [7, 11) is 0. The van der Waals surface area contributed by atoms with Crippen LogP contribution in [0.5, 0.6) is 5.75 Å². The van der Waals surface area contributed by atoms with Crippen molar-refractivity contribution in [1.82, 2.24) is 5.32 Å². The Morgan fingerprint density at radius 2 is 2.00 bits per heavy atom. The number of nitrogens with zero attached hydrogens (tertiary/aromatic N) is 1. The lowest BCUT2D eigenvalue weighted by Crippen LogP contribution is -2.32. The topological polar surface area (TPSA) is 93.5 Å². The van der Waals surface area contributed by atoms with Gasteiger partial charge in [-0.15, -0.1) is 0 Å². The van der Waals surface area contributed by atoms with Crippen LogP contribution in [-0.4, -0.2) is 17.7 Å². The molecule has 7 heteroatoms. The summed E-state index contributed by atoms with van der Waals surface area (Å²) < 4.78 is 5.52. The Bertz CT molecular complexity index is 703. The van der Waals surface area contributed by atoms with E-state index in [0.29, 0.717) is 11.4 Å². The summed E-state index contributed by atoms with van der Waals surface area (Å²) in [5.74, 6) is 0.714. The number of hydrogen-bond acceptors (Lipinski definition) is 4. The smallest absolute Gasteiger partial charge is 0.321 e. The van der Waals surface area contributed by atoms with Crippen LogP contribution in [0.4, 0.5) is 16.2 Å². The van der Waals surface area contributed by atoms with Crippen molar-refractivity contribution in [3.8, 4) is 5.75 Å². The average Bonchev–Trinajstić information content (AvgIpc) is 2.55. The van der Waals surface area contributed by atoms with Gasteiger partial charge in [-0.2, -0.15) is 0 Å². The Morgan fingerprint density at radius 3 is 2.74 bits per heavy atom. The van der Waals surface area contributed by atoms with Gasteiger partial charge in [0.2, 0.25) is 0 Å². The highest BCUT2D eigenvalue weighted by atomic mass is 16.6. The maximum Gasteiger partial charge on any atom is 0.321 e. The number of anilines is 1. The number of ether oxygens (including phenoxy) is 1. The molecule has 0 aromatic heterocycles. The van der Waals surface area contributed by atoms with Crippen molar-refractivity contribution >= 4 is 17.4 Å². The van der Waals surface area contributed by atoms with Gasteiger partial charge in [0.05, 0.1) is 4.92 Å². The molecule has 23 heavy (non-hydrogen) atoms. The van der Waals surface area contributed by atoms with E-state index in [9.17, 15) is 14.9 Å². The summed E-state index contributed by atoms with van der Waals surface area (Å²) >= 11 is 0. The molecule has 0 radical (unpaired) electrons. The number of urea groups is 1. The Hall–Kier alpha value is -3.09. The van der Waals surface area contributed by atoms with Gasteiger partial charge in [0.15, 0.2) is 6.73 Å². The molecule has 0 atom stereocenters. The van der Waals surface area contributed by atoms with Crippen LogP contribution >= 0.6 is 0 Å². The number of non-ortho nitro benzene ring substituents is 1. The van der Waals surface area contributed by atoms with Gasteiger partial charge in [-0.25, -0.2) is 4.79 Å². The maximum absolute atomic E-state index is 11.8. The lowest BCUT2D eigenvalue weighted by Gasteiger charge is -2.11. The SMILES string of the molecule is CCc1ccccc1OCNC(=O)Nc1cccc([N+](=O)[O-])c1. The van der Waals surface area contributed by atoms with E-state index in [4.69, 9.17) is 4.74 Å². The quantitative estimate of drug-likeness (QED) is 0.486. The Labute approximate surface area is 133 Å². The molecule has 0 heterocycles. The first-order chi connectivity index (χ1) is 11.1. The minimum Gasteiger partial charge on any atom is -0.473 e. The third-order valence-electron chi connectivity index (χ3n) is 3.13. The highest BCUT2D eigenvalue weighted by Crippen LogP contribution is 2.18. The van der Waals surface area contributed by atoms with Gasteiger partial charge in [-0.05, 0) is 24.1 Å². The van der Waals surface area contributed by atoms with Crippen LogP contribution in [0.25, 0.3) is 0 Å². The summed E-state index contributed by atoms with van der Waals surface area (Å²) in [6.07, 6.45) is 0.829. The molecule has 120 valence electrons. The number of hydrogen-bond donors (Lipinski definition) is 2. The number of rotatable bonds is 6. The number of amides is 2. The Kier molecular flexibility index (Phi) is 5.51. The summed E-state index contributed by atoms with van der Waals surface area (Å²) in [5.41, 5.74) is 1.30. The van der Waals surface area contributed by atoms with Gasteiger partial charge in [-0.1, -0.05) is 31.2 Å². The molecule has 0 unspecified atom stereocenters. The van der Waals surface area contributed by atoms with Crippen LogP contribution in [0.3, 0.4) is 0 Å². The molecular formula is C16H17N3O4. The molecule has 0 spiro atoms. The number of benzene rings is 2. The first-order valence-corrected chi connectivity index (χ1v) is 7.10. The number of aryl methyl sites for hydroxylation is 1. The highest BCUT2D eigenvalue weighted by molar-refractivity contribution is 5.89. The second kappa shape index (κ2) is 7.79. The molecule has 2 aromatic carbocycles. The van der Waals surface area contributed by atoms with Gasteiger partial charge >= 0.3 is 6.03 Å². The second-order valence-corrected chi connectivity index (χ2v) is 4.69. The zero-order valence-electron chi connectivity index (χ0n) is 12.6. The molecule has 0 saturated heterocycles. The zero-order valence-corrected chi connectivity index (χ0v) is 12.6. The molecule has 2 amide bonds. The molecule has 0 fully saturated rings. The van der Waals surface area contributed by atoms with E-state index in [1.165, 1.54) is 18.2 Å². The van der Waals surface area contributed by atoms with E-state index in [-0.39, 0.29) is 12.4 Å². The third kappa shape index (κ3) is 4.70. The van der Waals surface area contributed by atoms with Crippen molar-refractivity contribution in [2.75, 3.05) is 12.0 Å². The number of nitrogens with one attached hydrogen (secondary N) is 2. The first-order valence-electron chi connectivity index (χ1n) is 7.10. The Balaban J connectivity index is 1.86. The molecule has 0 bridgehead atoms. The molecule has 0 aliphatic rings. The molecule has 2 aromatic rings. The highest BCUT2D eigenvalue weighted by Gasteiger charge is 2.08. The fourth-order valence-electron chi connectivity index (χ4n) is 1.99. The Morgan fingerprint density at radius 1 is 1.22 bits per heavy atom. The molecule has 0 aliphatic heterocycles. The lowest BCUT2D eigenvalue weighted by atomic mass is 10.1. The van der Waals surface area contributed by atoms with Crippen LogP contribution in [0.15, 0.2) is 48.5 Å². The van der Waals surface area contributed by atoms with E-state index in [1.54, 1.807) is 6.07 Å². The van der Waals surface area contributed by atoms with Crippen LogP contribution < -0.4 is 15.4 Å². The minimum atomic E-state index is -0.520. The molecule has 0 saturated carbocycles. The van der Waals surface area contributed by atoms with Gasteiger partial charge in [0.1, 0.15) is 5.75 Å². The maximum atomic E-state index is 11.8. The van der Waals surface area contributed by atoms with Gasteiger partial charge in [0, 0.05) is 17.8 Å². The normalized spacial score (nSPS) is 9.96. The molecule has 2 rings (SSSR count). The molecule has 0 aliphatic carbocycles.